The lowest BCUT2D eigenvalue weighted by Crippen LogP contribution is -2.02. The maximum absolute atomic E-state index is 3.42. The van der Waals surface area contributed by atoms with Crippen LogP contribution >= 0.6 is 0 Å². The molecule has 0 amide bonds. The van der Waals surface area contributed by atoms with E-state index in [-0.39, 0.29) is 0 Å². The van der Waals surface area contributed by atoms with Gasteiger partial charge in [0.2, 0.25) is 0 Å². The Balaban J connectivity index is 0.000000207. The van der Waals surface area contributed by atoms with Crippen LogP contribution in [0.15, 0.2) is 67.0 Å². The van der Waals surface area contributed by atoms with Crippen LogP contribution in [-0.2, 0) is 12.8 Å². The molecule has 0 spiro atoms. The fourth-order valence-electron chi connectivity index (χ4n) is 3.55. The number of rotatable bonds is 0. The SMILES string of the molecule is c1ccc2c(c1)ccc1c3c(ccc12)CCCC3.c1cnnnc1. The van der Waals surface area contributed by atoms with E-state index < -0.39 is 0 Å². The predicted octanol–water partition coefficient (Wildman–Crippen LogP) is 4.74. The summed E-state index contributed by atoms with van der Waals surface area (Å²) in [5.74, 6) is 0. The number of aromatic nitrogens is 3. The van der Waals surface area contributed by atoms with Crippen molar-refractivity contribution in [1.29, 1.82) is 0 Å². The Hall–Kier alpha value is -2.81. The summed E-state index contributed by atoms with van der Waals surface area (Å²) in [4.78, 5) is 0. The Labute approximate surface area is 141 Å². The average Bonchev–Trinajstić information content (AvgIpc) is 2.69. The largest absolute Gasteiger partial charge is 0.139 e. The minimum absolute atomic E-state index is 1.25. The van der Waals surface area contributed by atoms with E-state index >= 15 is 0 Å². The van der Waals surface area contributed by atoms with Crippen LogP contribution in [0.4, 0.5) is 0 Å². The van der Waals surface area contributed by atoms with Gasteiger partial charge in [0, 0.05) is 0 Å². The molecule has 3 aromatic carbocycles. The van der Waals surface area contributed by atoms with Gasteiger partial charge in [-0.05, 0) is 69.6 Å². The summed E-state index contributed by atoms with van der Waals surface area (Å²) >= 11 is 0. The Kier molecular flexibility index (Phi) is 4.15. The Morgan fingerprint density at radius 1 is 0.625 bits per heavy atom. The second kappa shape index (κ2) is 6.75. The van der Waals surface area contributed by atoms with Gasteiger partial charge >= 0.3 is 0 Å². The molecule has 0 atom stereocenters. The van der Waals surface area contributed by atoms with Gasteiger partial charge < -0.3 is 0 Å². The molecule has 4 aromatic rings. The summed E-state index contributed by atoms with van der Waals surface area (Å²) in [5.41, 5.74) is 3.17. The van der Waals surface area contributed by atoms with E-state index in [0.717, 1.165) is 0 Å². The van der Waals surface area contributed by atoms with Gasteiger partial charge in [-0.25, -0.2) is 0 Å². The number of fused-ring (bicyclic) bond motifs is 5. The maximum Gasteiger partial charge on any atom is 0.0529 e. The Morgan fingerprint density at radius 2 is 1.42 bits per heavy atom. The fraction of sp³-hybridized carbons (Fsp3) is 0.190. The van der Waals surface area contributed by atoms with E-state index in [2.05, 4.69) is 63.9 Å². The topological polar surface area (TPSA) is 38.7 Å². The number of aryl methyl sites for hydroxylation is 2. The smallest absolute Gasteiger partial charge is 0.0529 e. The average molecular weight is 313 g/mol. The normalized spacial score (nSPS) is 13.2. The molecular weight excluding hydrogens is 294 g/mol. The van der Waals surface area contributed by atoms with E-state index in [9.17, 15) is 0 Å². The Morgan fingerprint density at radius 3 is 2.21 bits per heavy atom. The van der Waals surface area contributed by atoms with Gasteiger partial charge in [-0.1, -0.05) is 48.5 Å². The molecule has 1 aliphatic rings. The molecule has 0 saturated carbocycles. The highest BCUT2D eigenvalue weighted by atomic mass is 15.3. The zero-order valence-electron chi connectivity index (χ0n) is 13.5. The molecule has 0 radical (unpaired) electrons. The number of hydrogen-bond donors (Lipinski definition) is 0. The van der Waals surface area contributed by atoms with E-state index in [1.165, 1.54) is 47.2 Å². The summed E-state index contributed by atoms with van der Waals surface area (Å²) in [6, 6.07) is 19.7. The molecule has 0 unspecified atom stereocenters. The van der Waals surface area contributed by atoms with Crippen molar-refractivity contribution >= 4 is 21.5 Å². The highest BCUT2D eigenvalue weighted by molar-refractivity contribution is 6.08. The number of hydrogen-bond acceptors (Lipinski definition) is 3. The van der Waals surface area contributed by atoms with E-state index in [0.29, 0.717) is 0 Å². The lowest BCUT2D eigenvalue weighted by atomic mass is 9.86. The van der Waals surface area contributed by atoms with Gasteiger partial charge in [0.05, 0.1) is 12.4 Å². The molecule has 3 nitrogen and oxygen atoms in total. The molecule has 1 heterocycles. The van der Waals surface area contributed by atoms with Crippen molar-refractivity contribution in [1.82, 2.24) is 15.4 Å². The standard InChI is InChI=1S/C18H16.C3H3N3/c1-3-7-15-13(5-1)9-11-18-16-8-4-2-6-14(16)10-12-17(15)18;1-2-4-6-5-3-1/h1,3,5,7,9-12H,2,4,6,8H2;1-3H. The first-order chi connectivity index (χ1) is 11.9. The van der Waals surface area contributed by atoms with Crippen molar-refractivity contribution in [3.05, 3.63) is 78.1 Å². The number of nitrogens with zero attached hydrogens (tertiary/aromatic N) is 3. The highest BCUT2D eigenvalue weighted by Gasteiger charge is 2.13. The van der Waals surface area contributed by atoms with Crippen LogP contribution in [0.5, 0.6) is 0 Å². The molecule has 24 heavy (non-hydrogen) atoms. The highest BCUT2D eigenvalue weighted by Crippen LogP contribution is 2.33. The summed E-state index contributed by atoms with van der Waals surface area (Å²) in [6.45, 7) is 0. The van der Waals surface area contributed by atoms with Gasteiger partial charge in [0.1, 0.15) is 0 Å². The van der Waals surface area contributed by atoms with Gasteiger partial charge in [0.25, 0.3) is 0 Å². The quantitative estimate of drug-likeness (QED) is 0.440. The van der Waals surface area contributed by atoms with E-state index in [1.807, 2.05) is 0 Å². The van der Waals surface area contributed by atoms with Gasteiger partial charge in [-0.2, -0.15) is 0 Å². The number of benzene rings is 3. The molecule has 0 N–H and O–H groups in total. The van der Waals surface area contributed by atoms with Gasteiger partial charge in [-0.15, -0.1) is 10.2 Å². The third-order valence-corrected chi connectivity index (χ3v) is 4.67. The molecular formula is C21H19N3. The second-order valence-corrected chi connectivity index (χ2v) is 6.10. The first-order valence-electron chi connectivity index (χ1n) is 8.44. The summed E-state index contributed by atoms with van der Waals surface area (Å²) in [7, 11) is 0. The van der Waals surface area contributed by atoms with Gasteiger partial charge in [0.15, 0.2) is 0 Å². The van der Waals surface area contributed by atoms with Crippen molar-refractivity contribution in [2.24, 2.45) is 0 Å². The zero-order chi connectivity index (χ0) is 16.2. The fourth-order valence-corrected chi connectivity index (χ4v) is 3.55. The molecule has 0 fully saturated rings. The lowest BCUT2D eigenvalue weighted by molar-refractivity contribution is 0.690. The van der Waals surface area contributed by atoms with Crippen molar-refractivity contribution in [2.45, 2.75) is 25.7 Å². The zero-order valence-corrected chi connectivity index (χ0v) is 13.5. The van der Waals surface area contributed by atoms with Crippen LogP contribution in [0.3, 0.4) is 0 Å². The Bertz CT molecular complexity index is 938. The second-order valence-electron chi connectivity index (χ2n) is 6.10. The third-order valence-electron chi connectivity index (χ3n) is 4.67. The predicted molar refractivity (Wildman–Crippen MR) is 97.9 cm³/mol. The van der Waals surface area contributed by atoms with Crippen LogP contribution < -0.4 is 0 Å². The molecule has 0 bridgehead atoms. The lowest BCUT2D eigenvalue weighted by Gasteiger charge is -2.18. The minimum atomic E-state index is 1.25. The molecule has 0 saturated heterocycles. The molecule has 5 rings (SSSR count). The molecule has 118 valence electrons. The minimum Gasteiger partial charge on any atom is -0.139 e. The summed E-state index contributed by atoms with van der Waals surface area (Å²) in [6.07, 6.45) is 8.37. The van der Waals surface area contributed by atoms with Crippen LogP contribution in [0, 0.1) is 0 Å². The molecule has 3 heteroatoms. The van der Waals surface area contributed by atoms with E-state index in [4.69, 9.17) is 0 Å². The maximum atomic E-state index is 3.42. The monoisotopic (exact) mass is 313 g/mol. The molecule has 0 aliphatic heterocycles. The van der Waals surface area contributed by atoms with Crippen molar-refractivity contribution < 1.29 is 0 Å². The molecule has 1 aliphatic carbocycles. The van der Waals surface area contributed by atoms with Crippen molar-refractivity contribution in [2.75, 3.05) is 0 Å². The summed E-state index contributed by atoms with van der Waals surface area (Å²) < 4.78 is 0. The summed E-state index contributed by atoms with van der Waals surface area (Å²) in [5, 5.41) is 15.8. The molecule has 1 aromatic heterocycles. The van der Waals surface area contributed by atoms with Crippen LogP contribution in [-0.4, -0.2) is 15.4 Å². The van der Waals surface area contributed by atoms with Gasteiger partial charge in [-0.3, -0.25) is 0 Å². The van der Waals surface area contributed by atoms with Crippen LogP contribution in [0.25, 0.3) is 21.5 Å². The van der Waals surface area contributed by atoms with E-state index in [1.54, 1.807) is 29.6 Å². The first-order valence-corrected chi connectivity index (χ1v) is 8.44. The van der Waals surface area contributed by atoms with Crippen molar-refractivity contribution in [3.63, 3.8) is 0 Å². The van der Waals surface area contributed by atoms with Crippen LogP contribution in [0.2, 0.25) is 0 Å². The first kappa shape index (κ1) is 14.8. The van der Waals surface area contributed by atoms with Crippen molar-refractivity contribution in [3.8, 4) is 0 Å². The third kappa shape index (κ3) is 2.85. The van der Waals surface area contributed by atoms with Crippen LogP contribution in [0.1, 0.15) is 24.0 Å².